The minimum absolute atomic E-state index is 0.256. The van der Waals surface area contributed by atoms with Crippen molar-refractivity contribution in [3.8, 4) is 0 Å². The molecule has 1 N–H and O–H groups in total. The zero-order valence-electron chi connectivity index (χ0n) is 11.7. The quantitative estimate of drug-likeness (QED) is 0.899. The average Bonchev–Trinajstić information content (AvgIpc) is 2.40. The fourth-order valence-electron chi connectivity index (χ4n) is 2.11. The van der Waals surface area contributed by atoms with Crippen LogP contribution in [0.25, 0.3) is 0 Å². The number of halogens is 2. The molecule has 4 heteroatoms. The lowest BCUT2D eigenvalue weighted by atomic mass is 9.99. The van der Waals surface area contributed by atoms with Crippen LogP contribution in [0, 0.1) is 18.6 Å². The average molecular weight is 276 g/mol. The molecule has 0 amide bonds. The molecule has 2 nitrogen and oxygen atoms in total. The van der Waals surface area contributed by atoms with Crippen molar-refractivity contribution < 1.29 is 8.78 Å². The molecule has 0 fully saturated rings. The molecule has 0 bridgehead atoms. The Balaban J connectivity index is 2.38. The fourth-order valence-corrected chi connectivity index (χ4v) is 2.11. The smallest absolute Gasteiger partial charge is 0.126 e. The van der Waals surface area contributed by atoms with Crippen LogP contribution in [0.3, 0.4) is 0 Å². The molecule has 0 aliphatic carbocycles. The van der Waals surface area contributed by atoms with Crippen LogP contribution in [-0.4, -0.2) is 11.5 Å². The maximum Gasteiger partial charge on any atom is 0.126 e. The molecule has 2 aromatic rings. The lowest BCUT2D eigenvalue weighted by Crippen LogP contribution is -2.23. The molecule has 1 aromatic carbocycles. The van der Waals surface area contributed by atoms with E-state index < -0.39 is 11.6 Å². The second-order valence-electron chi connectivity index (χ2n) is 4.82. The highest BCUT2D eigenvalue weighted by atomic mass is 19.1. The summed E-state index contributed by atoms with van der Waals surface area (Å²) in [7, 11) is 0. The summed E-state index contributed by atoms with van der Waals surface area (Å²) >= 11 is 0. The summed E-state index contributed by atoms with van der Waals surface area (Å²) in [6.45, 7) is 4.71. The Morgan fingerprint density at radius 3 is 2.35 bits per heavy atom. The van der Waals surface area contributed by atoms with E-state index in [1.165, 1.54) is 12.1 Å². The van der Waals surface area contributed by atoms with E-state index >= 15 is 0 Å². The number of nitrogens with zero attached hydrogens (tertiary/aromatic N) is 1. The molecule has 2 rings (SSSR count). The third-order valence-corrected chi connectivity index (χ3v) is 3.08. The number of rotatable bonds is 5. The van der Waals surface area contributed by atoms with Crippen molar-refractivity contribution >= 4 is 0 Å². The van der Waals surface area contributed by atoms with Gasteiger partial charge in [-0.3, -0.25) is 4.98 Å². The molecule has 20 heavy (non-hydrogen) atoms. The molecule has 0 aliphatic heterocycles. The minimum atomic E-state index is -0.566. The summed E-state index contributed by atoms with van der Waals surface area (Å²) in [4.78, 5) is 4.25. The maximum atomic E-state index is 13.4. The molecule has 106 valence electrons. The van der Waals surface area contributed by atoms with E-state index in [9.17, 15) is 8.78 Å². The zero-order chi connectivity index (χ0) is 14.5. The van der Waals surface area contributed by atoms with Crippen LogP contribution in [0.4, 0.5) is 8.78 Å². The van der Waals surface area contributed by atoms with Gasteiger partial charge < -0.3 is 5.32 Å². The first-order valence-corrected chi connectivity index (χ1v) is 6.72. The predicted molar refractivity (Wildman–Crippen MR) is 75.5 cm³/mol. The van der Waals surface area contributed by atoms with Crippen molar-refractivity contribution in [3.05, 3.63) is 65.0 Å². The largest absolute Gasteiger partial charge is 0.306 e. The first kappa shape index (κ1) is 14.6. The number of nitrogens with one attached hydrogen (secondary N) is 1. The molecule has 1 atom stereocenters. The summed E-state index contributed by atoms with van der Waals surface area (Å²) in [6.07, 6.45) is 2.68. The predicted octanol–water partition coefficient (Wildman–Crippen LogP) is 3.76. The van der Waals surface area contributed by atoms with Crippen molar-refractivity contribution in [1.29, 1.82) is 0 Å². The van der Waals surface area contributed by atoms with Gasteiger partial charge in [0, 0.05) is 18.0 Å². The summed E-state index contributed by atoms with van der Waals surface area (Å²) in [6, 6.07) is 7.16. The third-order valence-electron chi connectivity index (χ3n) is 3.08. The van der Waals surface area contributed by atoms with Gasteiger partial charge in [-0.05, 0) is 49.2 Å². The third kappa shape index (κ3) is 3.61. The molecule has 0 aliphatic rings. The summed E-state index contributed by atoms with van der Waals surface area (Å²) < 4.78 is 26.8. The van der Waals surface area contributed by atoms with Gasteiger partial charge in [0.05, 0.1) is 6.04 Å². The molecular formula is C16H18F2N2. The summed E-state index contributed by atoms with van der Waals surface area (Å²) in [5.41, 5.74) is 2.38. The lowest BCUT2D eigenvalue weighted by molar-refractivity contribution is 0.558. The monoisotopic (exact) mass is 276 g/mol. The maximum absolute atomic E-state index is 13.4. The molecule has 0 saturated carbocycles. The van der Waals surface area contributed by atoms with Crippen LogP contribution >= 0.6 is 0 Å². The summed E-state index contributed by atoms with van der Waals surface area (Å²) in [5.74, 6) is -1.13. The molecule has 1 aromatic heterocycles. The van der Waals surface area contributed by atoms with E-state index in [0.717, 1.165) is 30.3 Å². The van der Waals surface area contributed by atoms with Gasteiger partial charge in [0.25, 0.3) is 0 Å². The van der Waals surface area contributed by atoms with Gasteiger partial charge in [0.2, 0.25) is 0 Å². The molecule has 0 spiro atoms. The van der Waals surface area contributed by atoms with E-state index in [2.05, 4.69) is 10.3 Å². The Morgan fingerprint density at radius 2 is 1.80 bits per heavy atom. The number of hydrogen-bond acceptors (Lipinski definition) is 2. The van der Waals surface area contributed by atoms with Crippen LogP contribution < -0.4 is 5.32 Å². The highest BCUT2D eigenvalue weighted by Gasteiger charge is 2.15. The first-order chi connectivity index (χ1) is 9.60. The van der Waals surface area contributed by atoms with Gasteiger partial charge in [-0.15, -0.1) is 0 Å². The van der Waals surface area contributed by atoms with Crippen LogP contribution in [0.2, 0.25) is 0 Å². The van der Waals surface area contributed by atoms with Gasteiger partial charge in [0.1, 0.15) is 11.6 Å². The Kier molecular flexibility index (Phi) is 4.79. The van der Waals surface area contributed by atoms with Crippen LogP contribution in [-0.2, 0) is 0 Å². The van der Waals surface area contributed by atoms with Gasteiger partial charge in [0.15, 0.2) is 0 Å². The first-order valence-electron chi connectivity index (χ1n) is 6.72. The van der Waals surface area contributed by atoms with Crippen LogP contribution in [0.15, 0.2) is 36.5 Å². The van der Waals surface area contributed by atoms with E-state index in [1.54, 1.807) is 6.20 Å². The van der Waals surface area contributed by atoms with E-state index in [1.807, 2.05) is 26.0 Å². The highest BCUT2D eigenvalue weighted by molar-refractivity contribution is 5.31. The van der Waals surface area contributed by atoms with E-state index in [0.29, 0.717) is 5.56 Å². The van der Waals surface area contributed by atoms with Crippen molar-refractivity contribution in [2.24, 2.45) is 0 Å². The van der Waals surface area contributed by atoms with Crippen LogP contribution in [0.1, 0.15) is 36.2 Å². The molecule has 1 unspecified atom stereocenters. The second kappa shape index (κ2) is 6.57. The molecule has 1 heterocycles. The number of hydrogen-bond donors (Lipinski definition) is 1. The Hall–Kier alpha value is -1.81. The van der Waals surface area contributed by atoms with Crippen molar-refractivity contribution in [2.45, 2.75) is 26.3 Å². The van der Waals surface area contributed by atoms with Gasteiger partial charge in [-0.25, -0.2) is 8.78 Å². The number of pyridine rings is 1. The van der Waals surface area contributed by atoms with Gasteiger partial charge >= 0.3 is 0 Å². The second-order valence-corrected chi connectivity index (χ2v) is 4.82. The number of aryl methyl sites for hydroxylation is 1. The topological polar surface area (TPSA) is 24.9 Å². The molecule has 0 saturated heterocycles. The highest BCUT2D eigenvalue weighted by Crippen LogP contribution is 2.23. The number of aromatic nitrogens is 1. The SMILES string of the molecule is CCCNC(c1ccc(C)nc1)c1cc(F)cc(F)c1. The van der Waals surface area contributed by atoms with Gasteiger partial charge in [-0.2, -0.15) is 0 Å². The standard InChI is InChI=1S/C16H18F2N2/c1-3-6-19-16(12-5-4-11(2)20-10-12)13-7-14(17)9-15(18)8-13/h4-5,7-10,16,19H,3,6H2,1-2H3. The number of benzene rings is 1. The molecular weight excluding hydrogens is 258 g/mol. The zero-order valence-corrected chi connectivity index (χ0v) is 11.7. The van der Waals surface area contributed by atoms with Crippen molar-refractivity contribution in [2.75, 3.05) is 6.54 Å². The van der Waals surface area contributed by atoms with E-state index in [4.69, 9.17) is 0 Å². The van der Waals surface area contributed by atoms with Crippen molar-refractivity contribution in [1.82, 2.24) is 10.3 Å². The van der Waals surface area contributed by atoms with Gasteiger partial charge in [-0.1, -0.05) is 13.0 Å². The Labute approximate surface area is 117 Å². The fraction of sp³-hybridized carbons (Fsp3) is 0.312. The minimum Gasteiger partial charge on any atom is -0.306 e. The normalized spacial score (nSPS) is 12.4. The Morgan fingerprint density at radius 1 is 1.10 bits per heavy atom. The van der Waals surface area contributed by atoms with E-state index in [-0.39, 0.29) is 6.04 Å². The van der Waals surface area contributed by atoms with Crippen molar-refractivity contribution in [3.63, 3.8) is 0 Å². The summed E-state index contributed by atoms with van der Waals surface area (Å²) in [5, 5.41) is 3.30. The molecule has 0 radical (unpaired) electrons. The lowest BCUT2D eigenvalue weighted by Gasteiger charge is -2.19. The Bertz CT molecular complexity index is 547. The van der Waals surface area contributed by atoms with Crippen LogP contribution in [0.5, 0.6) is 0 Å².